The molecule has 2 rings (SSSR count). The van der Waals surface area contributed by atoms with Crippen LogP contribution in [0.2, 0.25) is 0 Å². The summed E-state index contributed by atoms with van der Waals surface area (Å²) in [5.41, 5.74) is 0.619. The van der Waals surface area contributed by atoms with Gasteiger partial charge in [0.05, 0.1) is 0 Å². The van der Waals surface area contributed by atoms with Crippen LogP contribution in [0.4, 0.5) is 0 Å². The molecule has 0 heterocycles. The van der Waals surface area contributed by atoms with Crippen molar-refractivity contribution in [2.24, 2.45) is 5.41 Å². The van der Waals surface area contributed by atoms with Crippen LogP contribution < -0.4 is 0 Å². The quantitative estimate of drug-likeness (QED) is 0.512. The van der Waals surface area contributed by atoms with Gasteiger partial charge in [-0.15, -0.1) is 0 Å². The summed E-state index contributed by atoms with van der Waals surface area (Å²) in [5, 5.41) is 0. The molecule has 1 heteroatoms. The molecule has 0 aromatic rings. The number of hydrogen-bond acceptors (Lipinski definition) is 1. The van der Waals surface area contributed by atoms with Crippen molar-refractivity contribution >= 4 is 12.6 Å². The second-order valence-electron chi connectivity index (χ2n) is 4.30. The molecule has 2 unspecified atom stereocenters. The van der Waals surface area contributed by atoms with Crippen LogP contribution in [-0.4, -0.2) is 4.75 Å². The molecule has 0 amide bonds. The van der Waals surface area contributed by atoms with Gasteiger partial charge >= 0.3 is 0 Å². The van der Waals surface area contributed by atoms with E-state index in [1.54, 1.807) is 0 Å². The molecule has 2 fully saturated rings. The topological polar surface area (TPSA) is 0 Å². The van der Waals surface area contributed by atoms with Gasteiger partial charge in [-0.3, -0.25) is 0 Å². The van der Waals surface area contributed by atoms with E-state index in [0.717, 1.165) is 0 Å². The molecule has 2 saturated carbocycles. The third kappa shape index (κ3) is 0.702. The van der Waals surface area contributed by atoms with Crippen molar-refractivity contribution in [3.05, 3.63) is 0 Å². The molecular weight excluding hydrogens is 140 g/mol. The van der Waals surface area contributed by atoms with Crippen molar-refractivity contribution in [2.75, 3.05) is 0 Å². The van der Waals surface area contributed by atoms with Gasteiger partial charge in [0.1, 0.15) is 0 Å². The summed E-state index contributed by atoms with van der Waals surface area (Å²) in [6, 6.07) is 0. The molecule has 2 atom stereocenters. The maximum atomic E-state index is 4.79. The Hall–Kier alpha value is 0.350. The Bertz CT molecular complexity index is 137. The van der Waals surface area contributed by atoms with E-state index in [0.29, 0.717) is 10.2 Å². The normalized spacial score (nSPS) is 53.4. The van der Waals surface area contributed by atoms with Crippen LogP contribution in [0.1, 0.15) is 45.4 Å². The minimum Gasteiger partial charge on any atom is -0.172 e. The third-order valence-electron chi connectivity index (χ3n) is 3.78. The average Bonchev–Trinajstić information content (AvgIpc) is 1.92. The first-order valence-corrected chi connectivity index (χ1v) is 4.84. The summed E-state index contributed by atoms with van der Waals surface area (Å²) in [6.07, 6.45) is 8.45. The highest BCUT2D eigenvalue weighted by Crippen LogP contribution is 2.61. The first kappa shape index (κ1) is 7.02. The Kier molecular flexibility index (Phi) is 1.36. The van der Waals surface area contributed by atoms with E-state index >= 15 is 0 Å². The molecule has 0 aromatic heterocycles. The van der Waals surface area contributed by atoms with Crippen molar-refractivity contribution in [3.63, 3.8) is 0 Å². The van der Waals surface area contributed by atoms with Crippen molar-refractivity contribution in [2.45, 2.75) is 50.2 Å². The van der Waals surface area contributed by atoms with Crippen LogP contribution in [0.15, 0.2) is 0 Å². The van der Waals surface area contributed by atoms with Gasteiger partial charge in [0.15, 0.2) is 0 Å². The van der Waals surface area contributed by atoms with Gasteiger partial charge in [-0.1, -0.05) is 19.8 Å². The lowest BCUT2D eigenvalue weighted by Crippen LogP contribution is -2.53. The second kappa shape index (κ2) is 1.94. The Balaban J connectivity index is 2.17. The van der Waals surface area contributed by atoms with Gasteiger partial charge in [-0.25, -0.2) is 0 Å². The zero-order chi connectivity index (χ0) is 7.24. The number of hydrogen-bond donors (Lipinski definition) is 1. The highest BCUT2D eigenvalue weighted by molar-refractivity contribution is 7.82. The predicted octanol–water partition coefficient (Wildman–Crippen LogP) is 3.03. The minimum absolute atomic E-state index is 0.450. The van der Waals surface area contributed by atoms with Gasteiger partial charge in [-0.2, -0.15) is 12.6 Å². The van der Waals surface area contributed by atoms with E-state index in [4.69, 9.17) is 12.6 Å². The molecular formula is C9H16S. The molecule has 10 heavy (non-hydrogen) atoms. The van der Waals surface area contributed by atoms with Crippen LogP contribution in [0, 0.1) is 5.41 Å². The van der Waals surface area contributed by atoms with Gasteiger partial charge in [-0.05, 0) is 31.1 Å². The fourth-order valence-corrected chi connectivity index (χ4v) is 3.05. The van der Waals surface area contributed by atoms with Crippen molar-refractivity contribution < 1.29 is 0 Å². The Morgan fingerprint density at radius 3 is 2.00 bits per heavy atom. The zero-order valence-electron chi connectivity index (χ0n) is 6.69. The van der Waals surface area contributed by atoms with E-state index < -0.39 is 0 Å². The van der Waals surface area contributed by atoms with E-state index in [1.165, 1.54) is 38.5 Å². The van der Waals surface area contributed by atoms with Gasteiger partial charge < -0.3 is 0 Å². The predicted molar refractivity (Wildman–Crippen MR) is 47.5 cm³/mol. The van der Waals surface area contributed by atoms with Gasteiger partial charge in [0.25, 0.3) is 0 Å². The smallest absolute Gasteiger partial charge is 0.0183 e. The zero-order valence-corrected chi connectivity index (χ0v) is 7.58. The van der Waals surface area contributed by atoms with Gasteiger partial charge in [0.2, 0.25) is 0 Å². The van der Waals surface area contributed by atoms with Crippen LogP contribution in [0.3, 0.4) is 0 Å². The van der Waals surface area contributed by atoms with E-state index in [1.807, 2.05) is 0 Å². The summed E-state index contributed by atoms with van der Waals surface area (Å²) in [6.45, 7) is 2.42. The van der Waals surface area contributed by atoms with Gasteiger partial charge in [0, 0.05) is 4.75 Å². The summed E-state index contributed by atoms with van der Waals surface area (Å²) in [4.78, 5) is 0. The summed E-state index contributed by atoms with van der Waals surface area (Å²) in [7, 11) is 0. The highest BCUT2D eigenvalue weighted by atomic mass is 32.1. The van der Waals surface area contributed by atoms with E-state index in [9.17, 15) is 0 Å². The third-order valence-corrected chi connectivity index (χ3v) is 4.77. The molecule has 2 aliphatic rings. The molecule has 0 aromatic carbocycles. The van der Waals surface area contributed by atoms with Crippen molar-refractivity contribution in [3.8, 4) is 0 Å². The molecule has 0 saturated heterocycles. The maximum absolute atomic E-state index is 4.79. The Labute approximate surface area is 68.8 Å². The Morgan fingerprint density at radius 1 is 1.00 bits per heavy atom. The van der Waals surface area contributed by atoms with Crippen LogP contribution >= 0.6 is 12.6 Å². The minimum atomic E-state index is 0.450. The molecule has 58 valence electrons. The fourth-order valence-electron chi connectivity index (χ4n) is 2.56. The summed E-state index contributed by atoms with van der Waals surface area (Å²) in [5.74, 6) is 0. The highest BCUT2D eigenvalue weighted by Gasteiger charge is 2.54. The lowest BCUT2D eigenvalue weighted by atomic mass is 9.54. The lowest BCUT2D eigenvalue weighted by Gasteiger charge is -2.58. The molecule has 0 spiro atoms. The molecule has 0 aliphatic heterocycles. The fraction of sp³-hybridized carbons (Fsp3) is 1.00. The Morgan fingerprint density at radius 2 is 1.70 bits per heavy atom. The molecule has 0 N–H and O–H groups in total. The van der Waals surface area contributed by atoms with Crippen LogP contribution in [0.5, 0.6) is 0 Å². The second-order valence-corrected chi connectivity index (χ2v) is 5.16. The largest absolute Gasteiger partial charge is 0.172 e. The first-order valence-electron chi connectivity index (χ1n) is 4.39. The van der Waals surface area contributed by atoms with Crippen LogP contribution in [0.25, 0.3) is 0 Å². The number of fused-ring (bicyclic) bond motifs is 1. The first-order chi connectivity index (χ1) is 4.66. The molecule has 0 bridgehead atoms. The molecule has 0 radical (unpaired) electrons. The SMILES string of the molecule is CC12CCCCC1(S)CC2. The monoisotopic (exact) mass is 156 g/mol. The number of rotatable bonds is 0. The van der Waals surface area contributed by atoms with Crippen LogP contribution in [-0.2, 0) is 0 Å². The molecule has 2 aliphatic carbocycles. The van der Waals surface area contributed by atoms with Crippen molar-refractivity contribution in [1.82, 2.24) is 0 Å². The summed E-state index contributed by atoms with van der Waals surface area (Å²) < 4.78 is 0.450. The number of thiol groups is 1. The lowest BCUT2D eigenvalue weighted by molar-refractivity contribution is 0.0391. The van der Waals surface area contributed by atoms with Crippen molar-refractivity contribution in [1.29, 1.82) is 0 Å². The average molecular weight is 156 g/mol. The summed E-state index contributed by atoms with van der Waals surface area (Å²) >= 11 is 4.79. The maximum Gasteiger partial charge on any atom is 0.0183 e. The standard InChI is InChI=1S/C9H16S/c1-8-4-2-3-5-9(8,10)7-6-8/h10H,2-7H2,1H3. The molecule has 0 nitrogen and oxygen atoms in total. The van der Waals surface area contributed by atoms with E-state index in [2.05, 4.69) is 6.92 Å². The van der Waals surface area contributed by atoms with E-state index in [-0.39, 0.29) is 0 Å².